The minimum atomic E-state index is -5.27. The number of nitrogens with two attached hydrogens (primary N) is 1. The van der Waals surface area contributed by atoms with Gasteiger partial charge < -0.3 is 30.5 Å². The van der Waals surface area contributed by atoms with Crippen LogP contribution in [-0.4, -0.2) is 67.6 Å². The number of hydrogen-bond donors (Lipinski definition) is 6. The third-order valence-electron chi connectivity index (χ3n) is 3.91. The smallest absolute Gasteiger partial charge is 0.387 e. The van der Waals surface area contributed by atoms with Crippen LogP contribution in [0.4, 0.5) is 0 Å². The molecule has 1 aromatic rings. The van der Waals surface area contributed by atoms with Gasteiger partial charge in [-0.25, -0.2) is 13.9 Å². The van der Waals surface area contributed by atoms with Crippen LogP contribution in [0, 0.1) is 0 Å². The number of aliphatic hydroxyl groups is 2. The van der Waals surface area contributed by atoms with E-state index in [0.717, 1.165) is 16.8 Å². The molecule has 17 heteroatoms. The maximum atomic E-state index is 12.5. The SMILES string of the molecule is NCCCCOP(=O)(OC[C@H]1O[C@@H](n2ccc(=O)[nH]c2=O)[C@H](O)[C@@H]1O)OP(=O)(O)O. The highest BCUT2D eigenvalue weighted by molar-refractivity contribution is 7.61. The van der Waals surface area contributed by atoms with E-state index >= 15 is 0 Å². The molecule has 15 nitrogen and oxygen atoms in total. The van der Waals surface area contributed by atoms with E-state index < -0.39 is 58.0 Å². The van der Waals surface area contributed by atoms with E-state index in [2.05, 4.69) is 4.31 Å². The molecular weight excluding hydrogens is 452 g/mol. The van der Waals surface area contributed by atoms with E-state index in [9.17, 15) is 28.9 Å². The monoisotopic (exact) mass is 475 g/mol. The van der Waals surface area contributed by atoms with Crippen molar-refractivity contribution in [2.24, 2.45) is 5.73 Å². The van der Waals surface area contributed by atoms with Gasteiger partial charge in [0.25, 0.3) is 5.56 Å². The van der Waals surface area contributed by atoms with E-state index in [-0.39, 0.29) is 6.61 Å². The molecule has 1 unspecified atom stereocenters. The zero-order valence-corrected chi connectivity index (χ0v) is 17.3. The Labute approximate surface area is 169 Å². The fraction of sp³-hybridized carbons (Fsp3) is 0.692. The van der Waals surface area contributed by atoms with Crippen LogP contribution in [0.5, 0.6) is 0 Å². The molecule has 1 saturated heterocycles. The molecule has 0 amide bonds. The van der Waals surface area contributed by atoms with Crippen molar-refractivity contribution in [3.05, 3.63) is 33.1 Å². The Hall–Kier alpha value is -1.22. The van der Waals surface area contributed by atoms with Gasteiger partial charge in [0.2, 0.25) is 0 Å². The summed E-state index contributed by atoms with van der Waals surface area (Å²) < 4.78 is 43.6. The summed E-state index contributed by atoms with van der Waals surface area (Å²) in [6.45, 7) is -0.721. The van der Waals surface area contributed by atoms with Crippen LogP contribution >= 0.6 is 15.6 Å². The largest absolute Gasteiger partial charge is 0.483 e. The molecule has 2 rings (SSSR count). The Morgan fingerprint density at radius 2 is 1.87 bits per heavy atom. The normalized spacial score (nSPS) is 26.6. The number of aromatic nitrogens is 2. The van der Waals surface area contributed by atoms with Crippen LogP contribution in [0.15, 0.2) is 21.9 Å². The fourth-order valence-electron chi connectivity index (χ4n) is 2.53. The number of phosphoric acid groups is 2. The van der Waals surface area contributed by atoms with Crippen LogP contribution in [-0.2, 0) is 27.2 Å². The summed E-state index contributed by atoms with van der Waals surface area (Å²) in [6.07, 6.45) is -4.29. The van der Waals surface area contributed by atoms with Gasteiger partial charge in [0.05, 0.1) is 13.2 Å². The van der Waals surface area contributed by atoms with Gasteiger partial charge in [0.1, 0.15) is 18.3 Å². The lowest BCUT2D eigenvalue weighted by atomic mass is 10.1. The van der Waals surface area contributed by atoms with Crippen LogP contribution in [0.1, 0.15) is 19.1 Å². The lowest BCUT2D eigenvalue weighted by Crippen LogP contribution is -2.37. The third-order valence-corrected chi connectivity index (χ3v) is 6.53. The first-order valence-electron chi connectivity index (χ1n) is 8.65. The van der Waals surface area contributed by atoms with Crippen LogP contribution in [0.2, 0.25) is 0 Å². The number of phosphoric ester groups is 1. The fourth-order valence-corrected chi connectivity index (χ4v) is 4.70. The van der Waals surface area contributed by atoms with Crippen molar-refractivity contribution in [3.8, 4) is 0 Å². The van der Waals surface area contributed by atoms with Gasteiger partial charge >= 0.3 is 21.3 Å². The second kappa shape index (κ2) is 10.4. The predicted octanol–water partition coefficient (Wildman–Crippen LogP) is -1.85. The van der Waals surface area contributed by atoms with Crippen molar-refractivity contribution in [3.63, 3.8) is 0 Å². The Bertz CT molecular complexity index is 913. The van der Waals surface area contributed by atoms with Crippen molar-refractivity contribution in [2.45, 2.75) is 37.4 Å². The third kappa shape index (κ3) is 6.90. The zero-order valence-electron chi connectivity index (χ0n) is 15.5. The van der Waals surface area contributed by atoms with Crippen LogP contribution in [0.3, 0.4) is 0 Å². The van der Waals surface area contributed by atoms with Gasteiger partial charge in [0.15, 0.2) is 6.23 Å². The molecule has 1 fully saturated rings. The van der Waals surface area contributed by atoms with Crippen molar-refractivity contribution in [2.75, 3.05) is 19.8 Å². The Morgan fingerprint density at radius 1 is 1.17 bits per heavy atom. The van der Waals surface area contributed by atoms with Gasteiger partial charge in [-0.1, -0.05) is 0 Å². The first-order valence-corrected chi connectivity index (χ1v) is 11.6. The van der Waals surface area contributed by atoms with E-state index in [0.29, 0.717) is 19.4 Å². The Balaban J connectivity index is 2.08. The summed E-state index contributed by atoms with van der Waals surface area (Å²) >= 11 is 0. The van der Waals surface area contributed by atoms with Gasteiger partial charge in [-0.3, -0.25) is 23.4 Å². The average Bonchev–Trinajstić information content (AvgIpc) is 2.91. The number of nitrogens with one attached hydrogen (secondary N) is 1. The predicted molar refractivity (Wildman–Crippen MR) is 98.2 cm³/mol. The molecule has 0 aromatic carbocycles. The summed E-state index contributed by atoms with van der Waals surface area (Å²) in [5.74, 6) is 0. The number of rotatable bonds is 11. The number of ether oxygens (including phenoxy) is 1. The summed E-state index contributed by atoms with van der Waals surface area (Å²) in [5, 5.41) is 20.3. The zero-order chi connectivity index (χ0) is 22.5. The van der Waals surface area contributed by atoms with Crippen LogP contribution in [0.25, 0.3) is 0 Å². The number of nitrogens with zero attached hydrogens (tertiary/aromatic N) is 1. The molecule has 0 bridgehead atoms. The molecular formula is C13H23N3O12P2. The highest BCUT2D eigenvalue weighted by Crippen LogP contribution is 2.61. The minimum Gasteiger partial charge on any atom is -0.387 e. The number of aromatic amines is 1. The molecule has 172 valence electrons. The highest BCUT2D eigenvalue weighted by Gasteiger charge is 2.46. The average molecular weight is 475 g/mol. The second-order valence-electron chi connectivity index (χ2n) is 6.21. The molecule has 0 saturated carbocycles. The van der Waals surface area contributed by atoms with Crippen LogP contribution < -0.4 is 17.0 Å². The highest BCUT2D eigenvalue weighted by atomic mass is 31.3. The first kappa shape index (κ1) is 25.0. The van der Waals surface area contributed by atoms with Gasteiger partial charge in [-0.05, 0) is 19.4 Å². The minimum absolute atomic E-state index is 0.249. The van der Waals surface area contributed by atoms with E-state index in [1.165, 1.54) is 0 Å². The Kier molecular flexibility index (Phi) is 8.68. The number of unbranched alkanes of at least 4 members (excludes halogenated alkanes) is 1. The Morgan fingerprint density at radius 3 is 2.47 bits per heavy atom. The molecule has 0 aliphatic carbocycles. The van der Waals surface area contributed by atoms with Crippen molar-refractivity contribution in [1.82, 2.24) is 9.55 Å². The van der Waals surface area contributed by atoms with E-state index in [4.69, 9.17) is 29.3 Å². The van der Waals surface area contributed by atoms with Gasteiger partial charge in [-0.2, -0.15) is 4.31 Å². The lowest BCUT2D eigenvalue weighted by Gasteiger charge is -2.21. The molecule has 1 aliphatic rings. The van der Waals surface area contributed by atoms with Crippen molar-refractivity contribution < 1.29 is 47.2 Å². The van der Waals surface area contributed by atoms with Crippen molar-refractivity contribution >= 4 is 15.6 Å². The van der Waals surface area contributed by atoms with Gasteiger partial charge in [-0.15, -0.1) is 0 Å². The molecule has 7 N–H and O–H groups in total. The lowest BCUT2D eigenvalue weighted by molar-refractivity contribution is -0.0551. The topological polar surface area (TPSA) is 233 Å². The summed E-state index contributed by atoms with van der Waals surface area (Å²) in [7, 11) is -10.1. The number of hydrogen-bond acceptors (Lipinski definition) is 11. The van der Waals surface area contributed by atoms with E-state index in [1.54, 1.807) is 0 Å². The number of aliphatic hydroxyl groups excluding tert-OH is 2. The first-order chi connectivity index (χ1) is 14.0. The molecule has 30 heavy (non-hydrogen) atoms. The summed E-state index contributed by atoms with van der Waals surface area (Å²) in [5.41, 5.74) is 3.70. The number of H-pyrrole nitrogens is 1. The molecule has 0 radical (unpaired) electrons. The molecule has 1 aromatic heterocycles. The summed E-state index contributed by atoms with van der Waals surface area (Å²) in [4.78, 5) is 42.8. The molecule has 5 atom stereocenters. The quantitative estimate of drug-likeness (QED) is 0.152. The molecule has 1 aliphatic heterocycles. The second-order valence-corrected chi connectivity index (χ2v) is 9.25. The van der Waals surface area contributed by atoms with E-state index in [1.807, 2.05) is 4.98 Å². The molecule has 0 spiro atoms. The summed E-state index contributed by atoms with van der Waals surface area (Å²) in [6, 6.07) is 0.991. The maximum absolute atomic E-state index is 12.5. The maximum Gasteiger partial charge on any atom is 0.483 e. The standard InChI is InChI=1S/C13H23N3O12P2/c14-4-1-2-6-25-30(24,28-29(21,22)23)26-7-8-10(18)11(19)12(27-8)16-5-3-9(17)15-13(16)20/h3,5,8,10-12,18-19H,1-2,4,6-7,14H2,(H,15,17,20)(H2,21,22,23)/t8-,10-,11-,12-,30?/m1/s1. The van der Waals surface area contributed by atoms with Crippen molar-refractivity contribution in [1.29, 1.82) is 0 Å². The molecule has 2 heterocycles. The van der Waals surface area contributed by atoms with Gasteiger partial charge in [0, 0.05) is 12.3 Å².